The van der Waals surface area contributed by atoms with Gasteiger partial charge in [-0.15, -0.1) is 6.58 Å². The van der Waals surface area contributed by atoms with Crippen LogP contribution < -0.4 is 9.47 Å². The van der Waals surface area contributed by atoms with E-state index in [4.69, 9.17) is 9.47 Å². The van der Waals surface area contributed by atoms with Crippen LogP contribution in [0.4, 0.5) is 0 Å². The van der Waals surface area contributed by atoms with Crippen molar-refractivity contribution in [1.29, 1.82) is 0 Å². The van der Waals surface area contributed by atoms with Gasteiger partial charge >= 0.3 is 0 Å². The molecular formula is C24H25N3O3. The highest BCUT2D eigenvalue weighted by Crippen LogP contribution is 2.43. The molecule has 3 aromatic rings. The fraction of sp³-hybridized carbons (Fsp3) is 0.250. The minimum absolute atomic E-state index is 0.0951. The summed E-state index contributed by atoms with van der Waals surface area (Å²) >= 11 is 0. The van der Waals surface area contributed by atoms with Crippen LogP contribution in [0.15, 0.2) is 55.1 Å². The first-order chi connectivity index (χ1) is 14.6. The molecule has 0 fully saturated rings. The number of methoxy groups -OCH3 is 2. The standard InChI is InChI=1S/C24H25N3O3/c1-5-11-27(15-16-9-7-6-8-10-16)24(28)22-19-12-17-13-20(29-3)21(30-4)14-18(17)23(19)26(2)25-22/h5-10,13-14H,1,11-12,15H2,2-4H3. The summed E-state index contributed by atoms with van der Waals surface area (Å²) in [6.45, 7) is 4.78. The Morgan fingerprint density at radius 1 is 1.20 bits per heavy atom. The van der Waals surface area contributed by atoms with Crippen molar-refractivity contribution in [2.45, 2.75) is 13.0 Å². The van der Waals surface area contributed by atoms with Gasteiger partial charge in [0.1, 0.15) is 0 Å². The number of aromatic nitrogens is 2. The maximum atomic E-state index is 13.5. The van der Waals surface area contributed by atoms with E-state index in [1.54, 1.807) is 29.9 Å². The molecule has 0 saturated heterocycles. The van der Waals surface area contributed by atoms with Gasteiger partial charge in [0.2, 0.25) is 0 Å². The number of fused-ring (bicyclic) bond motifs is 3. The van der Waals surface area contributed by atoms with Crippen LogP contribution in [0, 0.1) is 0 Å². The summed E-state index contributed by atoms with van der Waals surface area (Å²) in [7, 11) is 5.12. The summed E-state index contributed by atoms with van der Waals surface area (Å²) in [6, 6.07) is 13.9. The first-order valence-electron chi connectivity index (χ1n) is 9.82. The normalized spacial score (nSPS) is 11.6. The van der Waals surface area contributed by atoms with Crippen molar-refractivity contribution in [1.82, 2.24) is 14.7 Å². The Hall–Kier alpha value is -3.54. The SMILES string of the molecule is C=CCN(Cc1ccccc1)C(=O)c1nn(C)c2c1Cc1cc(OC)c(OC)cc1-2. The second-order valence-corrected chi connectivity index (χ2v) is 7.30. The quantitative estimate of drug-likeness (QED) is 0.440. The van der Waals surface area contributed by atoms with Gasteiger partial charge in [-0.3, -0.25) is 9.48 Å². The van der Waals surface area contributed by atoms with Gasteiger partial charge in [0.25, 0.3) is 5.91 Å². The molecule has 0 bridgehead atoms. The molecule has 1 amide bonds. The van der Waals surface area contributed by atoms with Gasteiger partial charge in [-0.1, -0.05) is 36.4 Å². The number of ether oxygens (including phenoxy) is 2. The smallest absolute Gasteiger partial charge is 0.275 e. The highest BCUT2D eigenvalue weighted by molar-refractivity contribution is 5.97. The first-order valence-corrected chi connectivity index (χ1v) is 9.82. The van der Waals surface area contributed by atoms with E-state index >= 15 is 0 Å². The summed E-state index contributed by atoms with van der Waals surface area (Å²) in [5.74, 6) is 1.25. The van der Waals surface area contributed by atoms with Gasteiger partial charge < -0.3 is 14.4 Å². The molecule has 1 aromatic heterocycles. The number of carbonyl (C=O) groups excluding carboxylic acids is 1. The number of hydrogen-bond donors (Lipinski definition) is 0. The molecule has 154 valence electrons. The van der Waals surface area contributed by atoms with Crippen LogP contribution in [0.5, 0.6) is 11.5 Å². The van der Waals surface area contributed by atoms with E-state index in [1.165, 1.54) is 0 Å². The summed E-state index contributed by atoms with van der Waals surface area (Å²) in [4.78, 5) is 15.2. The summed E-state index contributed by atoms with van der Waals surface area (Å²) in [5.41, 5.74) is 5.57. The second-order valence-electron chi connectivity index (χ2n) is 7.30. The zero-order valence-electron chi connectivity index (χ0n) is 17.5. The van der Waals surface area contributed by atoms with Crippen molar-refractivity contribution >= 4 is 5.91 Å². The molecule has 0 atom stereocenters. The molecule has 30 heavy (non-hydrogen) atoms. The summed E-state index contributed by atoms with van der Waals surface area (Å²) in [6.07, 6.45) is 2.38. The van der Waals surface area contributed by atoms with E-state index in [9.17, 15) is 4.79 Å². The molecule has 6 heteroatoms. The van der Waals surface area contributed by atoms with Crippen LogP contribution in [0.1, 0.15) is 27.2 Å². The van der Waals surface area contributed by atoms with Crippen molar-refractivity contribution in [3.05, 3.63) is 77.5 Å². The number of rotatable bonds is 7. The van der Waals surface area contributed by atoms with E-state index < -0.39 is 0 Å². The Morgan fingerprint density at radius 2 is 1.90 bits per heavy atom. The zero-order valence-corrected chi connectivity index (χ0v) is 17.5. The molecule has 6 nitrogen and oxygen atoms in total. The fourth-order valence-electron chi connectivity index (χ4n) is 4.05. The number of carbonyl (C=O) groups is 1. The van der Waals surface area contributed by atoms with E-state index in [0.29, 0.717) is 36.7 Å². The molecular weight excluding hydrogens is 378 g/mol. The molecule has 0 N–H and O–H groups in total. The van der Waals surface area contributed by atoms with Gasteiger partial charge in [0.15, 0.2) is 17.2 Å². The predicted octanol–water partition coefficient (Wildman–Crippen LogP) is 3.84. The van der Waals surface area contributed by atoms with Gasteiger partial charge in [-0.05, 0) is 23.3 Å². The molecule has 0 aliphatic heterocycles. The van der Waals surface area contributed by atoms with Crippen molar-refractivity contribution < 1.29 is 14.3 Å². The molecule has 1 heterocycles. The number of nitrogens with zero attached hydrogens (tertiary/aromatic N) is 3. The molecule has 0 saturated carbocycles. The lowest BCUT2D eigenvalue weighted by Gasteiger charge is -2.20. The van der Waals surface area contributed by atoms with Crippen molar-refractivity contribution in [2.75, 3.05) is 20.8 Å². The first kappa shape index (κ1) is 19.8. The summed E-state index contributed by atoms with van der Waals surface area (Å²) in [5, 5.41) is 4.59. The Morgan fingerprint density at radius 3 is 2.57 bits per heavy atom. The van der Waals surface area contributed by atoms with Crippen LogP contribution in [-0.2, 0) is 20.0 Å². The average Bonchev–Trinajstić information content (AvgIpc) is 3.29. The summed E-state index contributed by atoms with van der Waals surface area (Å²) < 4.78 is 12.7. The Kier molecular flexibility index (Phi) is 5.31. The van der Waals surface area contributed by atoms with Gasteiger partial charge in [0.05, 0.1) is 19.9 Å². The third kappa shape index (κ3) is 3.34. The second kappa shape index (κ2) is 8.06. The third-order valence-electron chi connectivity index (χ3n) is 5.43. The molecule has 0 spiro atoms. The predicted molar refractivity (Wildman–Crippen MR) is 116 cm³/mol. The van der Waals surface area contributed by atoms with Gasteiger partial charge in [-0.25, -0.2) is 0 Å². The highest BCUT2D eigenvalue weighted by Gasteiger charge is 2.32. The molecule has 4 rings (SSSR count). The third-order valence-corrected chi connectivity index (χ3v) is 5.43. The molecule has 0 radical (unpaired) electrons. The largest absolute Gasteiger partial charge is 0.493 e. The molecule has 1 aliphatic rings. The minimum Gasteiger partial charge on any atom is -0.493 e. The minimum atomic E-state index is -0.0951. The van der Waals surface area contributed by atoms with Crippen LogP contribution in [0.3, 0.4) is 0 Å². The molecule has 2 aromatic carbocycles. The number of benzene rings is 2. The Labute approximate surface area is 176 Å². The van der Waals surface area contributed by atoms with Crippen LogP contribution in [0.2, 0.25) is 0 Å². The Balaban J connectivity index is 1.71. The monoisotopic (exact) mass is 403 g/mol. The van der Waals surface area contributed by atoms with E-state index in [-0.39, 0.29) is 5.91 Å². The van der Waals surface area contributed by atoms with E-state index in [2.05, 4.69) is 11.7 Å². The molecule has 0 unspecified atom stereocenters. The van der Waals surface area contributed by atoms with Gasteiger partial charge in [0, 0.05) is 37.7 Å². The fourth-order valence-corrected chi connectivity index (χ4v) is 4.05. The average molecular weight is 403 g/mol. The topological polar surface area (TPSA) is 56.6 Å². The zero-order chi connectivity index (χ0) is 21.3. The van der Waals surface area contributed by atoms with E-state index in [1.807, 2.05) is 49.5 Å². The van der Waals surface area contributed by atoms with Gasteiger partial charge in [-0.2, -0.15) is 5.10 Å². The lowest BCUT2D eigenvalue weighted by molar-refractivity contribution is 0.0755. The maximum absolute atomic E-state index is 13.5. The van der Waals surface area contributed by atoms with E-state index in [0.717, 1.165) is 27.9 Å². The number of amides is 1. The lowest BCUT2D eigenvalue weighted by atomic mass is 10.1. The highest BCUT2D eigenvalue weighted by atomic mass is 16.5. The lowest BCUT2D eigenvalue weighted by Crippen LogP contribution is -2.31. The van der Waals surface area contributed by atoms with Crippen molar-refractivity contribution in [2.24, 2.45) is 7.05 Å². The maximum Gasteiger partial charge on any atom is 0.275 e. The van der Waals surface area contributed by atoms with Crippen LogP contribution >= 0.6 is 0 Å². The number of hydrogen-bond acceptors (Lipinski definition) is 4. The van der Waals surface area contributed by atoms with Crippen molar-refractivity contribution in [3.8, 4) is 22.8 Å². The van der Waals surface area contributed by atoms with Crippen LogP contribution in [-0.4, -0.2) is 41.4 Å². The Bertz CT molecular complexity index is 1100. The molecule has 1 aliphatic carbocycles. The number of aryl methyl sites for hydroxylation is 1. The van der Waals surface area contributed by atoms with Crippen LogP contribution in [0.25, 0.3) is 11.3 Å². The van der Waals surface area contributed by atoms with Crippen molar-refractivity contribution in [3.63, 3.8) is 0 Å².